The first-order chi connectivity index (χ1) is 17.2. The van der Waals surface area contributed by atoms with Gasteiger partial charge in [0, 0.05) is 36.8 Å². The number of likely N-dealkylation sites (tertiary alicyclic amines) is 1. The number of carbonyl (C=O) groups excluding carboxylic acids is 1. The van der Waals surface area contributed by atoms with Crippen LogP contribution >= 0.6 is 0 Å². The standard InChI is InChI=1S/C25H26F3N5O3/c26-25(27,28)36-16-3-1-15(2-4-16)23(34)33-9-6-14(7-10-33)18-5-8-30-21-19(18)31-22(32-21)20-24(13-29)11-17(12-24)35-20/h1-5,8,14,17,20H,6-7,9-13,29H2,(H,30,31,32)/t17?,20-,24?/m1/s1. The van der Waals surface area contributed by atoms with Gasteiger partial charge >= 0.3 is 6.36 Å². The lowest BCUT2D eigenvalue weighted by Crippen LogP contribution is -2.40. The second-order valence-corrected chi connectivity index (χ2v) is 9.97. The van der Waals surface area contributed by atoms with Gasteiger partial charge in [0.1, 0.15) is 17.7 Å². The van der Waals surface area contributed by atoms with Crippen LogP contribution in [0.1, 0.15) is 59.5 Å². The monoisotopic (exact) mass is 501 g/mol. The molecule has 1 amide bonds. The van der Waals surface area contributed by atoms with Crippen molar-refractivity contribution in [2.75, 3.05) is 19.6 Å². The number of nitrogens with zero attached hydrogens (tertiary/aromatic N) is 3. The predicted octanol–water partition coefficient (Wildman–Crippen LogP) is 4.06. The number of ether oxygens (including phenoxy) is 2. The Bertz CT molecular complexity index is 1280. The minimum absolute atomic E-state index is 0.0402. The van der Waals surface area contributed by atoms with Crippen molar-refractivity contribution in [1.82, 2.24) is 19.9 Å². The van der Waals surface area contributed by atoms with E-state index in [1.54, 1.807) is 11.1 Å². The molecule has 5 heterocycles. The van der Waals surface area contributed by atoms with E-state index in [1.165, 1.54) is 12.1 Å². The zero-order valence-electron chi connectivity index (χ0n) is 19.4. The second kappa shape index (κ2) is 8.45. The summed E-state index contributed by atoms with van der Waals surface area (Å²) in [6.07, 6.45) is 0.561. The molecule has 3 aromatic rings. The van der Waals surface area contributed by atoms with E-state index < -0.39 is 6.36 Å². The molecule has 3 saturated heterocycles. The van der Waals surface area contributed by atoms with Crippen LogP contribution in [0, 0.1) is 5.41 Å². The van der Waals surface area contributed by atoms with Gasteiger partial charge in [-0.2, -0.15) is 0 Å². The highest BCUT2D eigenvalue weighted by molar-refractivity contribution is 5.94. The summed E-state index contributed by atoms with van der Waals surface area (Å²) in [6.45, 7) is 1.65. The van der Waals surface area contributed by atoms with Crippen molar-refractivity contribution in [3.8, 4) is 5.75 Å². The summed E-state index contributed by atoms with van der Waals surface area (Å²) in [6, 6.07) is 7.03. The molecule has 1 atom stereocenters. The van der Waals surface area contributed by atoms with Crippen molar-refractivity contribution in [1.29, 1.82) is 0 Å². The van der Waals surface area contributed by atoms with Gasteiger partial charge in [-0.3, -0.25) is 4.79 Å². The minimum Gasteiger partial charge on any atom is -0.406 e. The van der Waals surface area contributed by atoms with Crippen molar-refractivity contribution < 1.29 is 27.4 Å². The summed E-state index contributed by atoms with van der Waals surface area (Å²) in [5, 5.41) is 0. The van der Waals surface area contributed by atoms with Crippen LogP contribution in [0.25, 0.3) is 11.2 Å². The number of imidazole rings is 1. The number of carbonyl (C=O) groups is 1. The van der Waals surface area contributed by atoms with E-state index in [9.17, 15) is 18.0 Å². The normalized spacial score (nSPS) is 26.3. The molecule has 2 bridgehead atoms. The molecule has 2 aromatic heterocycles. The molecule has 0 spiro atoms. The van der Waals surface area contributed by atoms with Crippen LogP contribution in [0.15, 0.2) is 36.5 Å². The van der Waals surface area contributed by atoms with Crippen LogP contribution < -0.4 is 10.5 Å². The third-order valence-electron chi connectivity index (χ3n) is 7.81. The highest BCUT2D eigenvalue weighted by Gasteiger charge is 2.59. The number of hydrogen-bond donors (Lipinski definition) is 2. The van der Waals surface area contributed by atoms with Crippen LogP contribution in [0.4, 0.5) is 13.2 Å². The average Bonchev–Trinajstić information content (AvgIpc) is 3.53. The van der Waals surface area contributed by atoms with Gasteiger partial charge in [0.25, 0.3) is 5.91 Å². The fraction of sp³-hybridized carbons (Fsp3) is 0.480. The predicted molar refractivity (Wildman–Crippen MR) is 123 cm³/mol. The lowest BCUT2D eigenvalue weighted by atomic mass is 9.66. The molecule has 1 aliphatic carbocycles. The molecule has 1 saturated carbocycles. The first-order valence-corrected chi connectivity index (χ1v) is 12.1. The number of aromatic nitrogens is 3. The van der Waals surface area contributed by atoms with Crippen molar-refractivity contribution in [3.63, 3.8) is 0 Å². The van der Waals surface area contributed by atoms with Crippen molar-refractivity contribution in [2.45, 2.75) is 50.2 Å². The zero-order valence-corrected chi connectivity index (χ0v) is 19.4. The summed E-state index contributed by atoms with van der Waals surface area (Å²) in [5.74, 6) is 0.439. The van der Waals surface area contributed by atoms with E-state index in [4.69, 9.17) is 15.5 Å². The number of pyridine rings is 1. The molecule has 8 nitrogen and oxygen atoms in total. The minimum atomic E-state index is -4.77. The van der Waals surface area contributed by atoms with Crippen LogP contribution in [-0.4, -0.2) is 57.9 Å². The number of nitrogens with two attached hydrogens (primary N) is 1. The van der Waals surface area contributed by atoms with E-state index in [0.717, 1.165) is 54.7 Å². The number of alkyl halides is 3. The molecule has 36 heavy (non-hydrogen) atoms. The van der Waals surface area contributed by atoms with E-state index in [1.807, 2.05) is 6.07 Å². The summed E-state index contributed by atoms with van der Waals surface area (Å²) < 4.78 is 47.2. The second-order valence-electron chi connectivity index (χ2n) is 9.97. The summed E-state index contributed by atoms with van der Waals surface area (Å²) in [5.41, 5.74) is 9.03. The van der Waals surface area contributed by atoms with Gasteiger partial charge < -0.3 is 25.1 Å². The van der Waals surface area contributed by atoms with Crippen LogP contribution in [0.5, 0.6) is 5.75 Å². The molecule has 1 aromatic carbocycles. The summed E-state index contributed by atoms with van der Waals surface area (Å²) >= 11 is 0. The largest absolute Gasteiger partial charge is 0.573 e. The Hall–Kier alpha value is -3.18. The molecule has 4 fully saturated rings. The summed E-state index contributed by atoms with van der Waals surface area (Å²) in [7, 11) is 0. The van der Waals surface area contributed by atoms with E-state index >= 15 is 0 Å². The summed E-state index contributed by atoms with van der Waals surface area (Å²) in [4.78, 5) is 27.3. The molecule has 190 valence electrons. The quantitative estimate of drug-likeness (QED) is 0.546. The average molecular weight is 502 g/mol. The number of benzene rings is 1. The number of hydrogen-bond acceptors (Lipinski definition) is 6. The molecule has 4 aliphatic rings. The number of aromatic amines is 1. The maximum Gasteiger partial charge on any atom is 0.573 e. The molecule has 0 radical (unpaired) electrons. The Kier molecular flexibility index (Phi) is 5.45. The van der Waals surface area contributed by atoms with Gasteiger partial charge in [0.2, 0.25) is 0 Å². The number of fused-ring (bicyclic) bond motifs is 2. The van der Waals surface area contributed by atoms with Crippen LogP contribution in [0.2, 0.25) is 0 Å². The van der Waals surface area contributed by atoms with Crippen LogP contribution in [-0.2, 0) is 4.74 Å². The van der Waals surface area contributed by atoms with Gasteiger partial charge in [-0.25, -0.2) is 9.97 Å². The molecule has 7 rings (SSSR count). The lowest BCUT2D eigenvalue weighted by Gasteiger charge is -2.36. The van der Waals surface area contributed by atoms with E-state index in [0.29, 0.717) is 30.8 Å². The number of nitrogens with one attached hydrogen (secondary N) is 1. The van der Waals surface area contributed by atoms with Gasteiger partial charge in [-0.05, 0) is 67.5 Å². The maximum absolute atomic E-state index is 12.9. The highest BCUT2D eigenvalue weighted by Crippen LogP contribution is 2.60. The van der Waals surface area contributed by atoms with Gasteiger partial charge in [-0.1, -0.05) is 0 Å². The van der Waals surface area contributed by atoms with Gasteiger partial charge in [0.05, 0.1) is 11.6 Å². The number of amides is 1. The topological polar surface area (TPSA) is 106 Å². The van der Waals surface area contributed by atoms with E-state index in [-0.39, 0.29) is 35.2 Å². The lowest BCUT2D eigenvalue weighted by molar-refractivity contribution is -0.274. The molecular weight excluding hydrogens is 475 g/mol. The fourth-order valence-electron chi connectivity index (χ4n) is 5.91. The van der Waals surface area contributed by atoms with Crippen molar-refractivity contribution in [2.24, 2.45) is 11.1 Å². The molecule has 3 aliphatic heterocycles. The fourth-order valence-corrected chi connectivity index (χ4v) is 5.91. The Balaban J connectivity index is 1.14. The number of H-pyrrole nitrogens is 1. The molecule has 0 unspecified atom stereocenters. The van der Waals surface area contributed by atoms with Crippen LogP contribution in [0.3, 0.4) is 0 Å². The smallest absolute Gasteiger partial charge is 0.406 e. The number of halogens is 3. The van der Waals surface area contributed by atoms with Gasteiger partial charge in [0.15, 0.2) is 5.65 Å². The van der Waals surface area contributed by atoms with Crippen molar-refractivity contribution >= 4 is 17.1 Å². The van der Waals surface area contributed by atoms with Crippen molar-refractivity contribution in [3.05, 3.63) is 53.5 Å². The van der Waals surface area contributed by atoms with Gasteiger partial charge in [-0.15, -0.1) is 13.2 Å². The zero-order chi connectivity index (χ0) is 25.1. The number of rotatable bonds is 5. The Labute approximate surface area is 205 Å². The Morgan fingerprint density at radius 3 is 2.58 bits per heavy atom. The molecular formula is C25H26F3N5O3. The van der Waals surface area contributed by atoms with E-state index in [2.05, 4.69) is 14.7 Å². The molecule has 3 N–H and O–H groups in total. The third kappa shape index (κ3) is 4.00. The molecule has 11 heteroatoms. The number of piperidine rings is 1. The Morgan fingerprint density at radius 1 is 1.19 bits per heavy atom. The third-order valence-corrected chi connectivity index (χ3v) is 7.81. The highest BCUT2D eigenvalue weighted by atomic mass is 19.4. The Morgan fingerprint density at radius 2 is 1.92 bits per heavy atom. The SMILES string of the molecule is NCC12CC(C1)O[C@@H]2c1nc2nccc(C3CCN(C(=O)c4ccc(OC(F)(F)F)cc4)CC3)c2[nH]1. The first kappa shape index (κ1) is 23.2. The maximum atomic E-state index is 12.9. The first-order valence-electron chi connectivity index (χ1n) is 12.1.